The third kappa shape index (κ3) is 3.78. The Kier molecular flexibility index (Phi) is 4.66. The van der Waals surface area contributed by atoms with E-state index in [1.807, 2.05) is 6.07 Å². The Hall–Kier alpha value is -3.33. The van der Waals surface area contributed by atoms with Crippen molar-refractivity contribution in [3.63, 3.8) is 0 Å². The van der Waals surface area contributed by atoms with Gasteiger partial charge in [-0.1, -0.05) is 18.2 Å². The lowest BCUT2D eigenvalue weighted by atomic mass is 10.2. The Morgan fingerprint density at radius 2 is 1.80 bits per heavy atom. The fourth-order valence-electron chi connectivity index (χ4n) is 2.63. The highest BCUT2D eigenvalue weighted by molar-refractivity contribution is 6.03. The van der Waals surface area contributed by atoms with Crippen molar-refractivity contribution in [2.24, 2.45) is 11.8 Å². The normalized spacial score (nSPS) is 17.9. The number of methoxy groups -OCH3 is 1. The molecule has 2 unspecified atom stereocenters. The molecule has 3 rings (SSSR count). The van der Waals surface area contributed by atoms with E-state index in [-0.39, 0.29) is 23.7 Å². The van der Waals surface area contributed by atoms with Crippen LogP contribution in [0.5, 0.6) is 5.75 Å². The summed E-state index contributed by atoms with van der Waals surface area (Å²) in [5.41, 5.74) is 1.49. The van der Waals surface area contributed by atoms with Crippen LogP contribution < -0.4 is 15.4 Å². The number of amides is 2. The highest BCUT2D eigenvalue weighted by Crippen LogP contribution is 2.40. The lowest BCUT2D eigenvalue weighted by molar-refractivity contribution is -0.122. The first-order chi connectivity index (χ1) is 12.1. The van der Waals surface area contributed by atoms with Crippen LogP contribution in [0.25, 0.3) is 0 Å². The van der Waals surface area contributed by atoms with Crippen molar-refractivity contribution in [3.05, 3.63) is 54.1 Å². The van der Waals surface area contributed by atoms with E-state index in [0.29, 0.717) is 29.1 Å². The molecule has 25 heavy (non-hydrogen) atoms. The van der Waals surface area contributed by atoms with Crippen LogP contribution in [0.3, 0.4) is 0 Å². The molecule has 0 radical (unpaired) electrons. The maximum atomic E-state index is 12.3. The molecule has 0 saturated heterocycles. The second-order valence-corrected chi connectivity index (χ2v) is 5.82. The van der Waals surface area contributed by atoms with Gasteiger partial charge in [0.1, 0.15) is 11.8 Å². The minimum atomic E-state index is -0.377. The van der Waals surface area contributed by atoms with Gasteiger partial charge < -0.3 is 15.4 Å². The van der Waals surface area contributed by atoms with Crippen LogP contribution >= 0.6 is 0 Å². The van der Waals surface area contributed by atoms with Crippen LogP contribution in [0.4, 0.5) is 11.4 Å². The number of benzene rings is 2. The monoisotopic (exact) mass is 335 g/mol. The second kappa shape index (κ2) is 7.05. The van der Waals surface area contributed by atoms with Crippen molar-refractivity contribution < 1.29 is 14.3 Å². The number of rotatable bonds is 5. The van der Waals surface area contributed by atoms with E-state index in [2.05, 4.69) is 10.6 Å². The van der Waals surface area contributed by atoms with Gasteiger partial charge in [-0.2, -0.15) is 5.26 Å². The zero-order valence-corrected chi connectivity index (χ0v) is 13.7. The Balaban J connectivity index is 1.59. The van der Waals surface area contributed by atoms with Gasteiger partial charge in [0.25, 0.3) is 0 Å². The van der Waals surface area contributed by atoms with Crippen molar-refractivity contribution in [1.29, 1.82) is 5.26 Å². The van der Waals surface area contributed by atoms with Crippen molar-refractivity contribution in [2.45, 2.75) is 6.42 Å². The Labute approximate surface area is 145 Å². The number of para-hydroxylation sites is 1. The van der Waals surface area contributed by atoms with Crippen LogP contribution in [0.15, 0.2) is 48.5 Å². The molecule has 2 amide bonds. The molecule has 2 aromatic carbocycles. The summed E-state index contributed by atoms with van der Waals surface area (Å²) < 4.78 is 5.12. The van der Waals surface area contributed by atoms with Gasteiger partial charge in [0.15, 0.2) is 0 Å². The average Bonchev–Trinajstić information content (AvgIpc) is 3.43. The number of nitriles is 1. The van der Waals surface area contributed by atoms with E-state index in [4.69, 9.17) is 10.00 Å². The fraction of sp³-hybridized carbons (Fsp3) is 0.211. The van der Waals surface area contributed by atoms with Gasteiger partial charge >= 0.3 is 0 Å². The van der Waals surface area contributed by atoms with E-state index >= 15 is 0 Å². The van der Waals surface area contributed by atoms with Gasteiger partial charge in [0.2, 0.25) is 11.8 Å². The standard InChI is InChI=1S/C19H17N3O3/c1-25-14-7-4-6-13(9-14)21-18(23)15-10-16(15)19(24)22-17-8-3-2-5-12(17)11-20/h2-9,15-16H,10H2,1H3,(H,21,23)(H,22,24). The highest BCUT2D eigenvalue weighted by Gasteiger charge is 2.48. The summed E-state index contributed by atoms with van der Waals surface area (Å²) in [7, 11) is 1.56. The molecule has 1 aliphatic rings. The number of nitrogens with one attached hydrogen (secondary N) is 2. The predicted molar refractivity (Wildman–Crippen MR) is 93.0 cm³/mol. The van der Waals surface area contributed by atoms with Gasteiger partial charge in [-0.15, -0.1) is 0 Å². The summed E-state index contributed by atoms with van der Waals surface area (Å²) in [5.74, 6) is -0.524. The highest BCUT2D eigenvalue weighted by atomic mass is 16.5. The van der Waals surface area contributed by atoms with E-state index < -0.39 is 0 Å². The maximum absolute atomic E-state index is 12.3. The molecule has 6 nitrogen and oxygen atoms in total. The zero-order valence-electron chi connectivity index (χ0n) is 13.7. The van der Waals surface area contributed by atoms with Crippen LogP contribution in [0.2, 0.25) is 0 Å². The summed E-state index contributed by atoms with van der Waals surface area (Å²) >= 11 is 0. The van der Waals surface area contributed by atoms with Crippen molar-refractivity contribution in [2.75, 3.05) is 17.7 Å². The molecule has 2 atom stereocenters. The zero-order chi connectivity index (χ0) is 17.8. The third-order valence-electron chi connectivity index (χ3n) is 4.11. The Morgan fingerprint density at radius 3 is 2.52 bits per heavy atom. The Morgan fingerprint density at radius 1 is 1.08 bits per heavy atom. The van der Waals surface area contributed by atoms with E-state index in [1.165, 1.54) is 0 Å². The largest absolute Gasteiger partial charge is 0.497 e. The number of ether oxygens (including phenoxy) is 1. The SMILES string of the molecule is COc1cccc(NC(=O)C2CC2C(=O)Nc2ccccc2C#N)c1. The van der Waals surface area contributed by atoms with Gasteiger partial charge in [-0.05, 0) is 30.7 Å². The van der Waals surface area contributed by atoms with Crippen LogP contribution in [0.1, 0.15) is 12.0 Å². The van der Waals surface area contributed by atoms with Crippen molar-refractivity contribution in [3.8, 4) is 11.8 Å². The minimum Gasteiger partial charge on any atom is -0.497 e. The Bertz CT molecular complexity index is 857. The predicted octanol–water partition coefficient (Wildman–Crippen LogP) is 2.78. The first kappa shape index (κ1) is 16.5. The third-order valence-corrected chi connectivity index (χ3v) is 4.11. The average molecular weight is 335 g/mol. The summed E-state index contributed by atoms with van der Waals surface area (Å²) in [6, 6.07) is 15.9. The first-order valence-electron chi connectivity index (χ1n) is 7.87. The van der Waals surface area contributed by atoms with Crippen LogP contribution in [-0.2, 0) is 9.59 Å². The summed E-state index contributed by atoms with van der Waals surface area (Å²) in [6.45, 7) is 0. The van der Waals surface area contributed by atoms with E-state index in [1.54, 1.807) is 55.6 Å². The molecule has 0 aliphatic heterocycles. The van der Waals surface area contributed by atoms with Gasteiger partial charge in [-0.3, -0.25) is 9.59 Å². The molecule has 126 valence electrons. The smallest absolute Gasteiger partial charge is 0.228 e. The number of nitrogens with zero attached hydrogens (tertiary/aromatic N) is 1. The summed E-state index contributed by atoms with van der Waals surface area (Å²) in [4.78, 5) is 24.6. The summed E-state index contributed by atoms with van der Waals surface area (Å²) in [6.07, 6.45) is 0.496. The van der Waals surface area contributed by atoms with Crippen LogP contribution in [-0.4, -0.2) is 18.9 Å². The first-order valence-corrected chi connectivity index (χ1v) is 7.87. The number of hydrogen-bond donors (Lipinski definition) is 2. The van der Waals surface area contributed by atoms with Gasteiger partial charge in [-0.25, -0.2) is 0 Å². The fourth-order valence-corrected chi connectivity index (χ4v) is 2.63. The number of carbonyl (C=O) groups excluding carboxylic acids is 2. The maximum Gasteiger partial charge on any atom is 0.228 e. The topological polar surface area (TPSA) is 91.2 Å². The molecule has 6 heteroatoms. The number of hydrogen-bond acceptors (Lipinski definition) is 4. The number of anilines is 2. The number of carbonyl (C=O) groups is 2. The summed E-state index contributed by atoms with van der Waals surface area (Å²) in [5, 5.41) is 14.6. The van der Waals surface area contributed by atoms with E-state index in [0.717, 1.165) is 0 Å². The second-order valence-electron chi connectivity index (χ2n) is 5.82. The lowest BCUT2D eigenvalue weighted by Gasteiger charge is -2.08. The van der Waals surface area contributed by atoms with Crippen molar-refractivity contribution >= 4 is 23.2 Å². The molecular weight excluding hydrogens is 318 g/mol. The molecular formula is C19H17N3O3. The van der Waals surface area contributed by atoms with Gasteiger partial charge in [0.05, 0.1) is 30.2 Å². The molecule has 0 aromatic heterocycles. The molecule has 1 aliphatic carbocycles. The van der Waals surface area contributed by atoms with Crippen LogP contribution in [0, 0.1) is 23.2 Å². The minimum absolute atomic E-state index is 0.193. The molecule has 2 aromatic rings. The molecule has 0 bridgehead atoms. The molecule has 0 heterocycles. The lowest BCUT2D eigenvalue weighted by Crippen LogP contribution is -2.20. The van der Waals surface area contributed by atoms with E-state index in [9.17, 15) is 9.59 Å². The quantitative estimate of drug-likeness (QED) is 0.879. The molecule has 2 N–H and O–H groups in total. The molecule has 1 fully saturated rings. The molecule has 0 spiro atoms. The molecule has 1 saturated carbocycles. The van der Waals surface area contributed by atoms with Crippen molar-refractivity contribution in [1.82, 2.24) is 0 Å². The van der Waals surface area contributed by atoms with Gasteiger partial charge in [0, 0.05) is 11.8 Å².